The Hall–Kier alpha value is -3.02. The predicted octanol–water partition coefficient (Wildman–Crippen LogP) is 3.59. The zero-order chi connectivity index (χ0) is 20.5. The topological polar surface area (TPSA) is 73.9 Å². The molecule has 0 saturated carbocycles. The van der Waals surface area contributed by atoms with Gasteiger partial charge in [0.1, 0.15) is 11.5 Å². The Bertz CT molecular complexity index is 818. The molecule has 6 nitrogen and oxygen atoms in total. The first-order valence-electron chi connectivity index (χ1n) is 9.95. The maximum absolute atomic E-state index is 12.2. The van der Waals surface area contributed by atoms with Crippen molar-refractivity contribution in [2.45, 2.75) is 38.1 Å². The highest BCUT2D eigenvalue weighted by atomic mass is 16.5. The number of hydrogen-bond acceptors (Lipinski definition) is 5. The maximum atomic E-state index is 12.2. The number of fused-ring (bicyclic) bond motifs is 1. The first-order chi connectivity index (χ1) is 14.2. The first kappa shape index (κ1) is 20.7. The molecule has 0 aliphatic heterocycles. The second-order valence-corrected chi connectivity index (χ2v) is 7.00. The molecule has 1 aliphatic carbocycles. The van der Waals surface area contributed by atoms with Crippen LogP contribution in [0.25, 0.3) is 0 Å². The van der Waals surface area contributed by atoms with Crippen molar-refractivity contribution in [2.75, 3.05) is 20.3 Å². The number of carbonyl (C=O) groups is 2. The number of carbonyl (C=O) groups excluding carboxylic acids is 2. The number of esters is 1. The number of methoxy groups -OCH3 is 1. The molecule has 1 amide bonds. The highest BCUT2D eigenvalue weighted by molar-refractivity contribution is 5.80. The van der Waals surface area contributed by atoms with Crippen LogP contribution >= 0.6 is 0 Å². The summed E-state index contributed by atoms with van der Waals surface area (Å²) < 4.78 is 15.8. The fraction of sp³-hybridized carbons (Fsp3) is 0.391. The average molecular weight is 397 g/mol. The Labute approximate surface area is 171 Å². The monoisotopic (exact) mass is 397 g/mol. The van der Waals surface area contributed by atoms with Gasteiger partial charge in [-0.1, -0.05) is 24.3 Å². The van der Waals surface area contributed by atoms with E-state index in [2.05, 4.69) is 11.4 Å². The third kappa shape index (κ3) is 6.24. The zero-order valence-electron chi connectivity index (χ0n) is 16.7. The summed E-state index contributed by atoms with van der Waals surface area (Å²) >= 11 is 0. The van der Waals surface area contributed by atoms with Crippen LogP contribution in [-0.4, -0.2) is 32.2 Å². The molecular weight excluding hydrogens is 370 g/mol. The summed E-state index contributed by atoms with van der Waals surface area (Å²) in [6.07, 6.45) is 3.70. The summed E-state index contributed by atoms with van der Waals surface area (Å²) in [6, 6.07) is 15.4. The Morgan fingerprint density at radius 2 is 1.83 bits per heavy atom. The van der Waals surface area contributed by atoms with Crippen molar-refractivity contribution in [2.24, 2.45) is 0 Å². The van der Waals surface area contributed by atoms with Crippen LogP contribution in [0.3, 0.4) is 0 Å². The molecule has 0 bridgehead atoms. The fourth-order valence-electron chi connectivity index (χ4n) is 3.44. The molecule has 1 atom stereocenters. The van der Waals surface area contributed by atoms with E-state index in [0.717, 1.165) is 30.6 Å². The number of hydrogen-bond donors (Lipinski definition) is 1. The van der Waals surface area contributed by atoms with Crippen molar-refractivity contribution in [1.82, 2.24) is 5.32 Å². The van der Waals surface area contributed by atoms with Gasteiger partial charge < -0.3 is 19.5 Å². The van der Waals surface area contributed by atoms with E-state index < -0.39 is 5.97 Å². The maximum Gasteiger partial charge on any atom is 0.306 e. The van der Waals surface area contributed by atoms with Crippen LogP contribution in [-0.2, 0) is 20.7 Å². The second kappa shape index (κ2) is 10.5. The standard InChI is InChI=1S/C23H27NO5/c1-27-18-11-13-19(14-12-18)28-15-5-10-23(26)29-16-22(25)24-21-9-4-7-17-6-2-3-8-20(17)21/h2-3,6,8,11-14,21H,4-5,7,9-10,15-16H2,1H3,(H,24,25)/t21-/m1/s1. The summed E-state index contributed by atoms with van der Waals surface area (Å²) in [6.45, 7) is 0.142. The lowest BCUT2D eigenvalue weighted by Gasteiger charge is -2.26. The molecule has 1 aliphatic rings. The van der Waals surface area contributed by atoms with Crippen LogP contribution in [0.15, 0.2) is 48.5 Å². The minimum absolute atomic E-state index is 0.0101. The minimum atomic E-state index is -0.400. The number of nitrogens with one attached hydrogen (secondary N) is 1. The lowest BCUT2D eigenvalue weighted by atomic mass is 9.88. The number of amides is 1. The van der Waals surface area contributed by atoms with Crippen molar-refractivity contribution < 1.29 is 23.8 Å². The van der Waals surface area contributed by atoms with Crippen molar-refractivity contribution in [3.05, 3.63) is 59.7 Å². The first-order valence-corrected chi connectivity index (χ1v) is 9.95. The van der Waals surface area contributed by atoms with E-state index in [0.29, 0.717) is 18.8 Å². The van der Waals surface area contributed by atoms with Gasteiger partial charge in [-0.25, -0.2) is 0 Å². The summed E-state index contributed by atoms with van der Waals surface area (Å²) in [7, 11) is 1.61. The molecular formula is C23H27NO5. The zero-order valence-corrected chi connectivity index (χ0v) is 16.7. The number of benzene rings is 2. The van der Waals surface area contributed by atoms with Crippen molar-refractivity contribution in [3.8, 4) is 11.5 Å². The molecule has 0 unspecified atom stereocenters. The highest BCUT2D eigenvalue weighted by Gasteiger charge is 2.21. The van der Waals surface area contributed by atoms with Crippen molar-refractivity contribution >= 4 is 11.9 Å². The Morgan fingerprint density at radius 1 is 1.07 bits per heavy atom. The van der Waals surface area contributed by atoms with Gasteiger partial charge in [-0.15, -0.1) is 0 Å². The van der Waals surface area contributed by atoms with Crippen molar-refractivity contribution in [3.63, 3.8) is 0 Å². The normalized spacial score (nSPS) is 15.1. The molecule has 0 saturated heterocycles. The van der Waals surface area contributed by atoms with E-state index in [1.807, 2.05) is 42.5 Å². The van der Waals surface area contributed by atoms with E-state index in [1.165, 1.54) is 5.56 Å². The lowest BCUT2D eigenvalue weighted by Crippen LogP contribution is -2.34. The Balaban J connectivity index is 1.32. The van der Waals surface area contributed by atoms with E-state index in [-0.39, 0.29) is 25.0 Å². The largest absolute Gasteiger partial charge is 0.497 e. The number of rotatable bonds is 9. The second-order valence-electron chi connectivity index (χ2n) is 7.00. The average Bonchev–Trinajstić information content (AvgIpc) is 2.76. The van der Waals surface area contributed by atoms with Crippen LogP contribution < -0.4 is 14.8 Å². The minimum Gasteiger partial charge on any atom is -0.497 e. The predicted molar refractivity (Wildman–Crippen MR) is 109 cm³/mol. The van der Waals surface area contributed by atoms with E-state index in [1.54, 1.807) is 7.11 Å². The third-order valence-electron chi connectivity index (χ3n) is 4.92. The fourth-order valence-corrected chi connectivity index (χ4v) is 3.44. The molecule has 154 valence electrons. The number of ether oxygens (including phenoxy) is 3. The van der Waals surface area contributed by atoms with Gasteiger partial charge in [-0.3, -0.25) is 9.59 Å². The third-order valence-corrected chi connectivity index (χ3v) is 4.92. The van der Waals surface area contributed by atoms with Crippen LogP contribution in [0.2, 0.25) is 0 Å². The van der Waals surface area contributed by atoms with Gasteiger partial charge in [0.2, 0.25) is 0 Å². The van der Waals surface area contributed by atoms with Gasteiger partial charge in [-0.2, -0.15) is 0 Å². The summed E-state index contributed by atoms with van der Waals surface area (Å²) in [5.41, 5.74) is 2.44. The Morgan fingerprint density at radius 3 is 2.62 bits per heavy atom. The van der Waals surface area contributed by atoms with Gasteiger partial charge in [0.25, 0.3) is 5.91 Å². The van der Waals surface area contributed by atoms with Crippen LogP contribution in [0.4, 0.5) is 0 Å². The SMILES string of the molecule is COc1ccc(OCCCC(=O)OCC(=O)N[C@@H]2CCCc3ccccc32)cc1. The quantitative estimate of drug-likeness (QED) is 0.517. The summed E-state index contributed by atoms with van der Waals surface area (Å²) in [5, 5.41) is 2.98. The molecule has 0 spiro atoms. The van der Waals surface area contributed by atoms with Crippen LogP contribution in [0.1, 0.15) is 42.9 Å². The van der Waals surface area contributed by atoms with Gasteiger partial charge in [-0.05, 0) is 61.1 Å². The van der Waals surface area contributed by atoms with Crippen LogP contribution in [0.5, 0.6) is 11.5 Å². The molecule has 29 heavy (non-hydrogen) atoms. The molecule has 6 heteroatoms. The van der Waals surface area contributed by atoms with Gasteiger partial charge in [0.05, 0.1) is 19.8 Å². The smallest absolute Gasteiger partial charge is 0.306 e. The van der Waals surface area contributed by atoms with Gasteiger partial charge in [0.15, 0.2) is 6.61 Å². The summed E-state index contributed by atoms with van der Waals surface area (Å²) in [4.78, 5) is 24.0. The molecule has 0 radical (unpaired) electrons. The molecule has 0 heterocycles. The van der Waals surface area contributed by atoms with E-state index in [4.69, 9.17) is 14.2 Å². The molecule has 1 N–H and O–H groups in total. The van der Waals surface area contributed by atoms with Crippen LogP contribution in [0, 0.1) is 0 Å². The summed E-state index contributed by atoms with van der Waals surface area (Å²) in [5.74, 6) is 0.805. The molecule has 2 aromatic rings. The van der Waals surface area contributed by atoms with Gasteiger partial charge in [0, 0.05) is 6.42 Å². The molecule has 2 aromatic carbocycles. The van der Waals surface area contributed by atoms with E-state index >= 15 is 0 Å². The van der Waals surface area contributed by atoms with Gasteiger partial charge >= 0.3 is 5.97 Å². The molecule has 0 aromatic heterocycles. The highest BCUT2D eigenvalue weighted by Crippen LogP contribution is 2.29. The van der Waals surface area contributed by atoms with Crippen molar-refractivity contribution in [1.29, 1.82) is 0 Å². The van der Waals surface area contributed by atoms with E-state index in [9.17, 15) is 9.59 Å². The Kier molecular flexibility index (Phi) is 7.50. The molecule has 3 rings (SSSR count). The lowest BCUT2D eigenvalue weighted by molar-refractivity contribution is -0.149. The number of aryl methyl sites for hydroxylation is 1. The molecule has 0 fully saturated rings.